The minimum atomic E-state index is -0.211. The summed E-state index contributed by atoms with van der Waals surface area (Å²) in [4.78, 5) is 40.4. The molecule has 2 saturated heterocycles. The number of methoxy groups -OCH3 is 1. The number of carbonyl (C=O) groups is 2. The summed E-state index contributed by atoms with van der Waals surface area (Å²) in [5, 5.41) is 4.28. The van der Waals surface area contributed by atoms with Gasteiger partial charge in [0.05, 0.1) is 24.0 Å². The zero-order chi connectivity index (χ0) is 22.5. The Kier molecular flexibility index (Phi) is 6.99. The van der Waals surface area contributed by atoms with Crippen LogP contribution in [0.4, 0.5) is 5.82 Å². The van der Waals surface area contributed by atoms with E-state index in [1.54, 1.807) is 47.7 Å². The third kappa shape index (κ3) is 4.74. The molecular formula is C22H31N7O3. The molecule has 2 aliphatic rings. The van der Waals surface area contributed by atoms with Crippen molar-refractivity contribution in [2.75, 3.05) is 45.3 Å². The molecule has 4 rings (SSSR count). The van der Waals surface area contributed by atoms with Crippen molar-refractivity contribution in [2.24, 2.45) is 0 Å². The maximum atomic E-state index is 13.3. The zero-order valence-corrected chi connectivity index (χ0v) is 18.8. The van der Waals surface area contributed by atoms with E-state index in [-0.39, 0.29) is 23.9 Å². The molecule has 0 aliphatic carbocycles. The van der Waals surface area contributed by atoms with Crippen LogP contribution in [0.3, 0.4) is 0 Å². The first-order valence-corrected chi connectivity index (χ1v) is 11.2. The normalized spacial score (nSPS) is 20.7. The van der Waals surface area contributed by atoms with Gasteiger partial charge in [0.2, 0.25) is 5.91 Å². The van der Waals surface area contributed by atoms with Crippen LogP contribution in [0.25, 0.3) is 0 Å². The Hall–Kier alpha value is -3.01. The average Bonchev–Trinajstić information content (AvgIpc) is 3.59. The van der Waals surface area contributed by atoms with E-state index in [1.807, 2.05) is 11.9 Å². The summed E-state index contributed by atoms with van der Waals surface area (Å²) in [5.41, 5.74) is 0.569. The number of ether oxygens (including phenoxy) is 1. The highest BCUT2D eigenvalue weighted by Gasteiger charge is 2.38. The quantitative estimate of drug-likeness (QED) is 0.565. The smallest absolute Gasteiger partial charge is 0.257 e. The summed E-state index contributed by atoms with van der Waals surface area (Å²) in [7, 11) is 3.48. The van der Waals surface area contributed by atoms with E-state index in [0.717, 1.165) is 38.0 Å². The van der Waals surface area contributed by atoms with Crippen molar-refractivity contribution in [3.8, 4) is 0 Å². The molecule has 0 spiro atoms. The van der Waals surface area contributed by atoms with Crippen LogP contribution in [0.2, 0.25) is 0 Å². The monoisotopic (exact) mass is 441 g/mol. The van der Waals surface area contributed by atoms with Crippen molar-refractivity contribution in [2.45, 2.75) is 44.3 Å². The number of aromatic nitrogens is 4. The van der Waals surface area contributed by atoms with Gasteiger partial charge < -0.3 is 19.4 Å². The average molecular weight is 442 g/mol. The molecule has 2 atom stereocenters. The lowest BCUT2D eigenvalue weighted by molar-refractivity contribution is -0.131. The van der Waals surface area contributed by atoms with Crippen LogP contribution in [0.1, 0.15) is 36.0 Å². The van der Waals surface area contributed by atoms with Crippen molar-refractivity contribution in [1.29, 1.82) is 0 Å². The molecule has 0 N–H and O–H groups in total. The first kappa shape index (κ1) is 22.2. The Bertz CT molecular complexity index is 919. The van der Waals surface area contributed by atoms with Crippen molar-refractivity contribution in [3.63, 3.8) is 0 Å². The molecule has 2 aliphatic heterocycles. The van der Waals surface area contributed by atoms with Gasteiger partial charge >= 0.3 is 0 Å². The van der Waals surface area contributed by atoms with E-state index in [0.29, 0.717) is 31.8 Å². The summed E-state index contributed by atoms with van der Waals surface area (Å²) in [5.74, 6) is 0.792. The van der Waals surface area contributed by atoms with Gasteiger partial charge in [0.1, 0.15) is 11.9 Å². The fourth-order valence-corrected chi connectivity index (χ4v) is 4.54. The molecule has 10 nitrogen and oxygen atoms in total. The number of carbonyl (C=O) groups excluding carboxylic acids is 2. The van der Waals surface area contributed by atoms with Crippen molar-refractivity contribution in [3.05, 3.63) is 36.5 Å². The Labute approximate surface area is 188 Å². The standard InChI is InChI=1S/C22H31N7O3/c1-26(21(30)17-13-25-28(15-17)9-4-12-32-2)18-6-11-27(16-18)22(31)19-5-3-10-29(19)20-14-23-7-8-24-20/h7-8,13-15,18-19H,3-6,9-12,16H2,1-2H3. The topological polar surface area (TPSA) is 96.7 Å². The predicted octanol–water partition coefficient (Wildman–Crippen LogP) is 1.05. The number of likely N-dealkylation sites (tertiary alicyclic amines) is 1. The zero-order valence-electron chi connectivity index (χ0n) is 18.8. The van der Waals surface area contributed by atoms with Crippen LogP contribution >= 0.6 is 0 Å². The van der Waals surface area contributed by atoms with E-state index < -0.39 is 0 Å². The molecule has 0 aromatic carbocycles. The lowest BCUT2D eigenvalue weighted by atomic mass is 10.2. The summed E-state index contributed by atoms with van der Waals surface area (Å²) in [6.07, 6.45) is 11.8. The molecule has 2 fully saturated rings. The number of hydrogen-bond acceptors (Lipinski definition) is 7. The molecule has 32 heavy (non-hydrogen) atoms. The number of hydrogen-bond donors (Lipinski definition) is 0. The highest BCUT2D eigenvalue weighted by atomic mass is 16.5. The number of aryl methyl sites for hydroxylation is 1. The maximum Gasteiger partial charge on any atom is 0.257 e. The van der Waals surface area contributed by atoms with Crippen LogP contribution < -0.4 is 4.90 Å². The van der Waals surface area contributed by atoms with Gasteiger partial charge in [0.15, 0.2) is 0 Å². The van der Waals surface area contributed by atoms with Gasteiger partial charge in [0, 0.05) is 65.5 Å². The van der Waals surface area contributed by atoms with Crippen molar-refractivity contribution < 1.29 is 14.3 Å². The van der Waals surface area contributed by atoms with Gasteiger partial charge in [-0.3, -0.25) is 19.3 Å². The van der Waals surface area contributed by atoms with Crippen LogP contribution in [0.5, 0.6) is 0 Å². The fourth-order valence-electron chi connectivity index (χ4n) is 4.54. The van der Waals surface area contributed by atoms with E-state index in [1.165, 1.54) is 0 Å². The van der Waals surface area contributed by atoms with Crippen LogP contribution in [-0.4, -0.2) is 93.8 Å². The van der Waals surface area contributed by atoms with Gasteiger partial charge in [0.25, 0.3) is 5.91 Å². The molecule has 0 saturated carbocycles. The van der Waals surface area contributed by atoms with Gasteiger partial charge in [-0.05, 0) is 25.7 Å². The number of nitrogens with zero attached hydrogens (tertiary/aromatic N) is 7. The summed E-state index contributed by atoms with van der Waals surface area (Å²) >= 11 is 0. The Morgan fingerprint density at radius 1 is 1.22 bits per heavy atom. The first-order chi connectivity index (χ1) is 15.6. The number of likely N-dealkylation sites (N-methyl/N-ethyl adjacent to an activating group) is 1. The minimum Gasteiger partial charge on any atom is -0.385 e. The molecule has 2 aromatic heterocycles. The van der Waals surface area contributed by atoms with Gasteiger partial charge in [-0.15, -0.1) is 0 Å². The Morgan fingerprint density at radius 3 is 2.88 bits per heavy atom. The third-order valence-corrected chi connectivity index (χ3v) is 6.34. The summed E-state index contributed by atoms with van der Waals surface area (Å²) < 4.78 is 6.83. The van der Waals surface area contributed by atoms with Gasteiger partial charge in [-0.2, -0.15) is 5.10 Å². The molecule has 172 valence electrons. The lowest BCUT2D eigenvalue weighted by Gasteiger charge is -2.29. The van der Waals surface area contributed by atoms with Crippen molar-refractivity contribution >= 4 is 17.6 Å². The maximum absolute atomic E-state index is 13.3. The summed E-state index contributed by atoms with van der Waals surface area (Å²) in [6.45, 7) is 3.37. The van der Waals surface area contributed by atoms with E-state index in [4.69, 9.17) is 4.74 Å². The van der Waals surface area contributed by atoms with Gasteiger partial charge in [-0.25, -0.2) is 4.98 Å². The number of anilines is 1. The van der Waals surface area contributed by atoms with E-state index in [2.05, 4.69) is 20.0 Å². The van der Waals surface area contributed by atoms with Crippen LogP contribution in [0.15, 0.2) is 31.0 Å². The fraction of sp³-hybridized carbons (Fsp3) is 0.591. The van der Waals surface area contributed by atoms with Crippen LogP contribution in [-0.2, 0) is 16.1 Å². The van der Waals surface area contributed by atoms with Crippen molar-refractivity contribution in [1.82, 2.24) is 29.5 Å². The first-order valence-electron chi connectivity index (χ1n) is 11.2. The molecule has 2 amide bonds. The lowest BCUT2D eigenvalue weighted by Crippen LogP contribution is -2.47. The second-order valence-corrected chi connectivity index (χ2v) is 8.40. The van der Waals surface area contributed by atoms with E-state index >= 15 is 0 Å². The highest BCUT2D eigenvalue weighted by molar-refractivity contribution is 5.94. The van der Waals surface area contributed by atoms with Gasteiger partial charge in [-0.1, -0.05) is 0 Å². The molecular weight excluding hydrogens is 410 g/mol. The van der Waals surface area contributed by atoms with E-state index in [9.17, 15) is 9.59 Å². The largest absolute Gasteiger partial charge is 0.385 e. The molecule has 4 heterocycles. The minimum absolute atomic E-state index is 0.00494. The predicted molar refractivity (Wildman–Crippen MR) is 118 cm³/mol. The molecule has 2 unspecified atom stereocenters. The SMILES string of the molecule is COCCCn1cc(C(=O)N(C)C2CCN(C(=O)C3CCCN3c3cnccn3)C2)cn1. The molecule has 10 heteroatoms. The summed E-state index contributed by atoms with van der Waals surface area (Å²) in [6, 6.07) is -0.216. The Morgan fingerprint density at radius 2 is 2.09 bits per heavy atom. The molecule has 2 aromatic rings. The third-order valence-electron chi connectivity index (χ3n) is 6.34. The number of rotatable bonds is 8. The highest BCUT2D eigenvalue weighted by Crippen LogP contribution is 2.26. The number of amides is 2. The molecule has 0 radical (unpaired) electrons. The van der Waals surface area contributed by atoms with Crippen LogP contribution in [0, 0.1) is 0 Å². The molecule has 0 bridgehead atoms. The second kappa shape index (κ2) is 10.1. The second-order valence-electron chi connectivity index (χ2n) is 8.40. The Balaban J connectivity index is 1.34.